The Morgan fingerprint density at radius 2 is 1.59 bits per heavy atom. The van der Waals surface area contributed by atoms with E-state index >= 15 is 0 Å². The summed E-state index contributed by atoms with van der Waals surface area (Å²) in [6, 6.07) is 21.3. The van der Waals surface area contributed by atoms with Crippen LogP contribution in [-0.2, 0) is 4.74 Å². The number of hydrogen-bond acceptors (Lipinski definition) is 3. The van der Waals surface area contributed by atoms with Gasteiger partial charge in [-0.15, -0.1) is 0 Å². The Hall–Kier alpha value is -1.61. The van der Waals surface area contributed by atoms with Crippen LogP contribution in [0, 0.1) is 16.7 Å². The number of fused-ring (bicyclic) bond motifs is 2. The second-order valence-electron chi connectivity index (χ2n) is 9.14. The van der Waals surface area contributed by atoms with E-state index in [1.165, 1.54) is 17.5 Å². The average molecular weight is 456 g/mol. The molecule has 0 heterocycles. The molecule has 0 aliphatic heterocycles. The number of ether oxygens (including phenoxy) is 1. The molecule has 2 aliphatic carbocycles. The van der Waals surface area contributed by atoms with Crippen LogP contribution in [0.5, 0.6) is 0 Å². The van der Waals surface area contributed by atoms with Crippen LogP contribution in [0.25, 0.3) is 0 Å². The summed E-state index contributed by atoms with van der Waals surface area (Å²) < 4.78 is 6.10. The van der Waals surface area contributed by atoms with Crippen molar-refractivity contribution < 1.29 is 9.94 Å². The fraction of sp³-hybridized carbons (Fsp3) is 0.480. The molecule has 2 bridgehead atoms. The van der Waals surface area contributed by atoms with E-state index in [1.54, 1.807) is 0 Å². The van der Waals surface area contributed by atoms with Crippen LogP contribution in [-0.4, -0.2) is 33.0 Å². The molecule has 0 aromatic heterocycles. The van der Waals surface area contributed by atoms with Crippen molar-refractivity contribution >= 4 is 20.7 Å². The van der Waals surface area contributed by atoms with Gasteiger partial charge in [-0.2, -0.15) is 0 Å². The number of methoxy groups -OCH3 is 1. The Morgan fingerprint density at radius 3 is 2.14 bits per heavy atom. The van der Waals surface area contributed by atoms with E-state index in [0.29, 0.717) is 10.7 Å². The summed E-state index contributed by atoms with van der Waals surface area (Å²) in [6.45, 7) is 7.05. The molecule has 4 heteroatoms. The fourth-order valence-electron chi connectivity index (χ4n) is 5.56. The second kappa shape index (κ2) is 7.90. The van der Waals surface area contributed by atoms with Gasteiger partial charge in [0.05, 0.1) is 0 Å². The first-order valence-corrected chi connectivity index (χ1v) is 12.4. The first-order chi connectivity index (χ1) is 13.9. The molecule has 29 heavy (non-hydrogen) atoms. The van der Waals surface area contributed by atoms with Crippen molar-refractivity contribution in [2.24, 2.45) is 21.9 Å². The molecule has 2 aromatic carbocycles. The van der Waals surface area contributed by atoms with E-state index in [2.05, 4.69) is 86.6 Å². The summed E-state index contributed by atoms with van der Waals surface area (Å²) >= 11 is 0.194. The maximum atomic E-state index is 10.0. The van der Waals surface area contributed by atoms with Crippen molar-refractivity contribution in [2.75, 3.05) is 7.11 Å². The third-order valence-electron chi connectivity index (χ3n) is 7.69. The van der Waals surface area contributed by atoms with Crippen molar-refractivity contribution in [3.63, 3.8) is 0 Å². The normalized spacial score (nSPS) is 31.1. The molecule has 0 saturated heterocycles. The average Bonchev–Trinajstić information content (AvgIpc) is 3.06. The van der Waals surface area contributed by atoms with Gasteiger partial charge in [-0.3, -0.25) is 0 Å². The summed E-state index contributed by atoms with van der Waals surface area (Å²) in [5, 5.41) is 13.9. The summed E-state index contributed by atoms with van der Waals surface area (Å²) in [6.07, 6.45) is 2.34. The van der Waals surface area contributed by atoms with Gasteiger partial charge in [-0.05, 0) is 0 Å². The van der Waals surface area contributed by atoms with Gasteiger partial charge in [0.1, 0.15) is 0 Å². The maximum absolute atomic E-state index is 10.0. The molecule has 0 amide bonds. The molecule has 2 aromatic rings. The zero-order valence-electron chi connectivity index (χ0n) is 17.7. The van der Waals surface area contributed by atoms with E-state index in [4.69, 9.17) is 4.74 Å². The Bertz CT molecular complexity index is 867. The van der Waals surface area contributed by atoms with Gasteiger partial charge in [0.2, 0.25) is 0 Å². The van der Waals surface area contributed by atoms with Gasteiger partial charge in [0, 0.05) is 0 Å². The summed E-state index contributed by atoms with van der Waals surface area (Å²) in [5.41, 5.74) is 3.71. The molecular formula is C25H31NO2Se. The summed E-state index contributed by atoms with van der Waals surface area (Å²) in [5.74, 6) is 0.567. The zero-order chi connectivity index (χ0) is 20.6. The van der Waals surface area contributed by atoms with E-state index in [-0.39, 0.29) is 36.7 Å². The summed E-state index contributed by atoms with van der Waals surface area (Å²) in [7, 11) is 1.82. The van der Waals surface area contributed by atoms with Crippen molar-refractivity contribution in [3.8, 4) is 0 Å². The predicted molar refractivity (Wildman–Crippen MR) is 119 cm³/mol. The molecule has 2 unspecified atom stereocenters. The van der Waals surface area contributed by atoms with Crippen molar-refractivity contribution in [1.82, 2.24) is 0 Å². The van der Waals surface area contributed by atoms with Crippen LogP contribution in [0.1, 0.15) is 55.7 Å². The number of hydrogen-bond donors (Lipinski definition) is 1. The van der Waals surface area contributed by atoms with Gasteiger partial charge < -0.3 is 0 Å². The SMILES string of the molecule is COC(c1ccccc1)C([Se][C@@H]1/C(=N/O)[C@]2(C)CC[C@H]1C2(C)C)c1ccccc1. The quantitative estimate of drug-likeness (QED) is 0.334. The van der Waals surface area contributed by atoms with Crippen LogP contribution < -0.4 is 0 Å². The van der Waals surface area contributed by atoms with E-state index in [1.807, 2.05) is 7.11 Å². The first-order valence-electron chi connectivity index (χ1n) is 10.4. The number of benzene rings is 2. The van der Waals surface area contributed by atoms with Crippen molar-refractivity contribution in [3.05, 3.63) is 71.8 Å². The molecule has 4 rings (SSSR count). The molecule has 154 valence electrons. The third kappa shape index (κ3) is 3.26. The molecule has 0 radical (unpaired) electrons. The van der Waals surface area contributed by atoms with Crippen LogP contribution >= 0.6 is 0 Å². The van der Waals surface area contributed by atoms with Crippen molar-refractivity contribution in [1.29, 1.82) is 0 Å². The topological polar surface area (TPSA) is 41.8 Å². The standard InChI is InChI=1S/C25H31NO2Se/c1-24(2)19-15-16-25(24,3)23(26-27)22(19)29-21(18-13-9-6-10-14-18)20(28-4)17-11-7-5-8-12-17/h5-14,19-22,27H,15-16H2,1-4H3/b26-23-/t19-,20?,21?,22+,25+/m1/s1. The predicted octanol–water partition coefficient (Wildman–Crippen LogP) is 5.89. The molecule has 2 aliphatic rings. The summed E-state index contributed by atoms with van der Waals surface area (Å²) in [4.78, 5) is 0.601. The number of nitrogens with zero attached hydrogens (tertiary/aromatic N) is 1. The number of oxime groups is 1. The first kappa shape index (κ1) is 20.7. The monoisotopic (exact) mass is 457 g/mol. The molecule has 1 N–H and O–H groups in total. The molecule has 5 atom stereocenters. The molecular weight excluding hydrogens is 425 g/mol. The second-order valence-corrected chi connectivity index (χ2v) is 11.8. The Morgan fingerprint density at radius 1 is 1.00 bits per heavy atom. The molecule has 2 saturated carbocycles. The van der Waals surface area contributed by atoms with Crippen molar-refractivity contribution in [2.45, 2.75) is 49.3 Å². The Balaban J connectivity index is 1.74. The van der Waals surface area contributed by atoms with E-state index in [0.717, 1.165) is 12.1 Å². The van der Waals surface area contributed by atoms with E-state index < -0.39 is 0 Å². The molecule has 3 nitrogen and oxygen atoms in total. The zero-order valence-corrected chi connectivity index (χ0v) is 19.4. The Labute approximate surface area is 180 Å². The third-order valence-corrected chi connectivity index (χ3v) is 11.2. The van der Waals surface area contributed by atoms with Gasteiger partial charge in [-0.1, -0.05) is 0 Å². The van der Waals surface area contributed by atoms with Crippen LogP contribution in [0.15, 0.2) is 65.8 Å². The van der Waals surface area contributed by atoms with Gasteiger partial charge in [0.15, 0.2) is 0 Å². The van der Waals surface area contributed by atoms with Gasteiger partial charge >= 0.3 is 181 Å². The van der Waals surface area contributed by atoms with Crippen LogP contribution in [0.2, 0.25) is 4.82 Å². The van der Waals surface area contributed by atoms with Crippen LogP contribution in [0.3, 0.4) is 0 Å². The molecule has 2 fully saturated rings. The van der Waals surface area contributed by atoms with Gasteiger partial charge in [-0.25, -0.2) is 0 Å². The van der Waals surface area contributed by atoms with Crippen LogP contribution in [0.4, 0.5) is 0 Å². The minimum atomic E-state index is -0.00594. The Kier molecular flexibility index (Phi) is 5.63. The number of rotatable bonds is 6. The fourth-order valence-corrected chi connectivity index (χ4v) is 10.1. The van der Waals surface area contributed by atoms with E-state index in [9.17, 15) is 5.21 Å². The van der Waals surface area contributed by atoms with Gasteiger partial charge in [0.25, 0.3) is 0 Å². The molecule has 0 spiro atoms. The minimum absolute atomic E-state index is 0.00458.